The minimum atomic E-state index is -0.979. The number of ketones is 1. The van der Waals surface area contributed by atoms with Crippen molar-refractivity contribution in [2.24, 2.45) is 0 Å². The molecule has 2 amide bonds. The quantitative estimate of drug-likeness (QED) is 0.446. The zero-order valence-electron chi connectivity index (χ0n) is 20.0. The van der Waals surface area contributed by atoms with Crippen LogP contribution >= 0.6 is 0 Å². The van der Waals surface area contributed by atoms with Crippen LogP contribution in [0.1, 0.15) is 71.5 Å². The summed E-state index contributed by atoms with van der Waals surface area (Å²) in [6.07, 6.45) is 6.54. The van der Waals surface area contributed by atoms with Crippen LogP contribution in [0.2, 0.25) is 0 Å². The lowest BCUT2D eigenvalue weighted by atomic mass is 9.94. The lowest BCUT2D eigenvalue weighted by Crippen LogP contribution is -2.47. The molecule has 0 bridgehead atoms. The van der Waals surface area contributed by atoms with Crippen LogP contribution in [0.3, 0.4) is 0 Å². The van der Waals surface area contributed by atoms with E-state index >= 15 is 0 Å². The van der Waals surface area contributed by atoms with Crippen molar-refractivity contribution in [3.8, 4) is 5.75 Å². The van der Waals surface area contributed by atoms with Gasteiger partial charge in [0.05, 0.1) is 13.4 Å². The first-order valence-corrected chi connectivity index (χ1v) is 11.9. The number of methoxy groups -OCH3 is 1. The van der Waals surface area contributed by atoms with Crippen LogP contribution in [-0.4, -0.2) is 30.7 Å². The van der Waals surface area contributed by atoms with Gasteiger partial charge in [0.2, 0.25) is 5.91 Å². The Kier molecular flexibility index (Phi) is 7.65. The average molecular weight is 475 g/mol. The van der Waals surface area contributed by atoms with Crippen LogP contribution in [0.5, 0.6) is 5.75 Å². The van der Waals surface area contributed by atoms with Gasteiger partial charge in [-0.25, -0.2) is 0 Å². The van der Waals surface area contributed by atoms with Crippen LogP contribution in [0, 0.1) is 0 Å². The summed E-state index contributed by atoms with van der Waals surface area (Å²) in [5.74, 6) is -0.132. The second-order valence-corrected chi connectivity index (χ2v) is 8.78. The smallest absolute Gasteiger partial charge is 0.294 e. The summed E-state index contributed by atoms with van der Waals surface area (Å²) in [6, 6.07) is 16.1. The molecule has 1 atom stereocenters. The summed E-state index contributed by atoms with van der Waals surface area (Å²) in [5, 5.41) is 3.18. The fourth-order valence-electron chi connectivity index (χ4n) is 4.52. The number of ether oxygens (including phenoxy) is 1. The van der Waals surface area contributed by atoms with Gasteiger partial charge in [-0.15, -0.1) is 0 Å². The lowest BCUT2D eigenvalue weighted by Gasteiger charge is -2.33. The summed E-state index contributed by atoms with van der Waals surface area (Å²) in [7, 11) is 1.56. The molecule has 1 saturated carbocycles. The van der Waals surface area contributed by atoms with Gasteiger partial charge in [-0.1, -0.05) is 31.4 Å². The minimum Gasteiger partial charge on any atom is -0.497 e. The van der Waals surface area contributed by atoms with Gasteiger partial charge >= 0.3 is 0 Å². The maximum absolute atomic E-state index is 13.8. The highest BCUT2D eigenvalue weighted by Gasteiger charge is 2.36. The van der Waals surface area contributed by atoms with E-state index in [1.807, 2.05) is 0 Å². The Morgan fingerprint density at radius 1 is 1.00 bits per heavy atom. The summed E-state index contributed by atoms with van der Waals surface area (Å²) < 4.78 is 10.8. The first-order valence-electron chi connectivity index (χ1n) is 11.9. The largest absolute Gasteiger partial charge is 0.497 e. The summed E-state index contributed by atoms with van der Waals surface area (Å²) in [6.45, 7) is 1.48. The van der Waals surface area contributed by atoms with E-state index in [0.717, 1.165) is 32.1 Å². The highest BCUT2D eigenvalue weighted by atomic mass is 16.5. The molecule has 1 heterocycles. The fourth-order valence-corrected chi connectivity index (χ4v) is 4.52. The highest BCUT2D eigenvalue weighted by molar-refractivity contribution is 6.09. The van der Waals surface area contributed by atoms with E-state index in [1.165, 1.54) is 18.1 Å². The van der Waals surface area contributed by atoms with E-state index in [0.29, 0.717) is 22.6 Å². The Morgan fingerprint density at radius 2 is 1.74 bits per heavy atom. The topological polar surface area (TPSA) is 88.8 Å². The Labute approximate surface area is 205 Å². The van der Waals surface area contributed by atoms with Gasteiger partial charge in [0, 0.05) is 17.3 Å². The van der Waals surface area contributed by atoms with Gasteiger partial charge in [0.25, 0.3) is 5.91 Å². The third-order valence-corrected chi connectivity index (χ3v) is 6.37. The van der Waals surface area contributed by atoms with Crippen LogP contribution in [0.25, 0.3) is 0 Å². The number of nitrogens with zero attached hydrogens (tertiary/aromatic N) is 1. The van der Waals surface area contributed by atoms with Crippen LogP contribution in [0.4, 0.5) is 5.69 Å². The number of anilines is 1. The second-order valence-electron chi connectivity index (χ2n) is 8.78. The third-order valence-electron chi connectivity index (χ3n) is 6.37. The molecule has 182 valence electrons. The standard InChI is InChI=1S/C28H30N2O5/c1-19(31)20-13-15-23(16-14-20)30(28(33)25-12-7-17-35-25)26(21-8-6-11-24(18-21)34-2)27(32)29-22-9-4-3-5-10-22/h6-8,11-18,22,26H,3-5,9-10H2,1-2H3,(H,29,32)/t26-/m1/s1. The molecular formula is C28H30N2O5. The van der Waals surface area contributed by atoms with Crippen molar-refractivity contribution in [1.29, 1.82) is 0 Å². The number of hydrogen-bond donors (Lipinski definition) is 1. The highest BCUT2D eigenvalue weighted by Crippen LogP contribution is 2.32. The molecule has 1 N–H and O–H groups in total. The second kappa shape index (κ2) is 11.0. The molecule has 1 aromatic heterocycles. The van der Waals surface area contributed by atoms with Gasteiger partial charge in [0.1, 0.15) is 11.8 Å². The van der Waals surface area contributed by atoms with Gasteiger partial charge in [-0.2, -0.15) is 0 Å². The number of amides is 2. The first-order chi connectivity index (χ1) is 17.0. The van der Waals surface area contributed by atoms with E-state index in [2.05, 4.69) is 5.32 Å². The maximum Gasteiger partial charge on any atom is 0.294 e. The van der Waals surface area contributed by atoms with Crippen molar-refractivity contribution in [2.75, 3.05) is 12.0 Å². The van der Waals surface area contributed by atoms with E-state index in [-0.39, 0.29) is 23.5 Å². The zero-order chi connectivity index (χ0) is 24.8. The van der Waals surface area contributed by atoms with Gasteiger partial charge in [0.15, 0.2) is 11.5 Å². The molecule has 0 spiro atoms. The predicted octanol–water partition coefficient (Wildman–Crippen LogP) is 5.33. The number of carbonyl (C=O) groups is 3. The molecule has 1 aliphatic rings. The van der Waals surface area contributed by atoms with E-state index in [1.54, 1.807) is 67.8 Å². The monoisotopic (exact) mass is 474 g/mol. The summed E-state index contributed by atoms with van der Waals surface area (Å²) >= 11 is 0. The molecule has 35 heavy (non-hydrogen) atoms. The van der Waals surface area contributed by atoms with Crippen LogP contribution in [0.15, 0.2) is 71.3 Å². The van der Waals surface area contributed by atoms with Crippen LogP contribution in [-0.2, 0) is 4.79 Å². The molecule has 1 fully saturated rings. The normalized spacial score (nSPS) is 14.7. The molecule has 1 aliphatic carbocycles. The van der Waals surface area contributed by atoms with E-state index in [4.69, 9.17) is 9.15 Å². The minimum absolute atomic E-state index is 0.0602. The molecule has 0 unspecified atom stereocenters. The Bertz CT molecular complexity index is 1160. The first kappa shape index (κ1) is 24.3. The number of rotatable bonds is 8. The molecule has 3 aromatic rings. The van der Waals surface area contributed by atoms with E-state index < -0.39 is 11.9 Å². The maximum atomic E-state index is 13.8. The number of benzene rings is 2. The molecule has 4 rings (SSSR count). The Morgan fingerprint density at radius 3 is 2.37 bits per heavy atom. The Hall–Kier alpha value is -3.87. The average Bonchev–Trinajstić information content (AvgIpc) is 3.42. The molecule has 2 aromatic carbocycles. The number of hydrogen-bond acceptors (Lipinski definition) is 5. The van der Waals surface area contributed by atoms with Crippen LogP contribution < -0.4 is 15.0 Å². The molecule has 0 radical (unpaired) electrons. The molecule has 7 nitrogen and oxygen atoms in total. The molecule has 7 heteroatoms. The Balaban J connectivity index is 1.81. The van der Waals surface area contributed by atoms with Crippen molar-refractivity contribution in [3.05, 3.63) is 83.8 Å². The molecular weight excluding hydrogens is 444 g/mol. The van der Waals surface area contributed by atoms with Gasteiger partial charge in [-0.3, -0.25) is 19.3 Å². The van der Waals surface area contributed by atoms with Crippen molar-refractivity contribution < 1.29 is 23.5 Å². The molecule has 0 saturated heterocycles. The molecule has 0 aliphatic heterocycles. The van der Waals surface area contributed by atoms with E-state index in [9.17, 15) is 14.4 Å². The number of carbonyl (C=O) groups excluding carboxylic acids is 3. The third kappa shape index (κ3) is 5.62. The van der Waals surface area contributed by atoms with Crippen molar-refractivity contribution in [1.82, 2.24) is 5.32 Å². The predicted molar refractivity (Wildman–Crippen MR) is 133 cm³/mol. The zero-order valence-corrected chi connectivity index (χ0v) is 20.0. The van der Waals surface area contributed by atoms with Crippen molar-refractivity contribution in [2.45, 2.75) is 51.1 Å². The lowest BCUT2D eigenvalue weighted by molar-refractivity contribution is -0.123. The summed E-state index contributed by atoms with van der Waals surface area (Å²) in [5.41, 5.74) is 1.60. The number of furan rings is 1. The van der Waals surface area contributed by atoms with Crippen molar-refractivity contribution >= 4 is 23.3 Å². The van der Waals surface area contributed by atoms with Gasteiger partial charge in [-0.05, 0) is 73.9 Å². The van der Waals surface area contributed by atoms with Gasteiger partial charge < -0.3 is 14.5 Å². The van der Waals surface area contributed by atoms with Crippen molar-refractivity contribution in [3.63, 3.8) is 0 Å². The SMILES string of the molecule is COc1cccc([C@H](C(=O)NC2CCCCC2)N(C(=O)c2ccco2)c2ccc(C(C)=O)cc2)c1. The number of nitrogens with one attached hydrogen (secondary N) is 1. The number of Topliss-reactive ketones (excluding diaryl/α,β-unsaturated/α-hetero) is 1. The fraction of sp³-hybridized carbons (Fsp3) is 0.321. The summed E-state index contributed by atoms with van der Waals surface area (Å²) in [4.78, 5) is 40.8.